The molecule has 0 bridgehead atoms. The number of amides is 2. The van der Waals surface area contributed by atoms with E-state index in [0.29, 0.717) is 5.82 Å². The van der Waals surface area contributed by atoms with Crippen molar-refractivity contribution in [1.29, 1.82) is 0 Å². The van der Waals surface area contributed by atoms with E-state index in [1.165, 1.54) is 19.2 Å². The number of carbonyl (C=O) groups excluding carboxylic acids is 2. The summed E-state index contributed by atoms with van der Waals surface area (Å²) in [5, 5.41) is 4.85. The van der Waals surface area contributed by atoms with Crippen molar-refractivity contribution in [2.45, 2.75) is 6.92 Å². The third-order valence-corrected chi connectivity index (χ3v) is 1.57. The standard InChI is InChI=1S/C8H9ClN4O2/c1-5(14)11-4-7(15)12-6-2-3-10-8(9)13-6/h2-3H,4H2,1H3,(H,11,14)(H,10,12,13,15). The molecule has 0 spiro atoms. The minimum Gasteiger partial charge on any atom is -0.347 e. The number of hydrogen-bond donors (Lipinski definition) is 2. The fourth-order valence-corrected chi connectivity index (χ4v) is 0.944. The molecule has 0 aliphatic rings. The van der Waals surface area contributed by atoms with Gasteiger partial charge in [-0.3, -0.25) is 9.59 Å². The van der Waals surface area contributed by atoms with E-state index in [4.69, 9.17) is 11.6 Å². The third-order valence-electron chi connectivity index (χ3n) is 1.39. The molecule has 0 radical (unpaired) electrons. The molecule has 15 heavy (non-hydrogen) atoms. The topological polar surface area (TPSA) is 84.0 Å². The van der Waals surface area contributed by atoms with E-state index in [-0.39, 0.29) is 23.6 Å². The van der Waals surface area contributed by atoms with Crippen molar-refractivity contribution in [3.63, 3.8) is 0 Å². The van der Waals surface area contributed by atoms with Crippen LogP contribution in [0.25, 0.3) is 0 Å². The Morgan fingerprint density at radius 3 is 2.87 bits per heavy atom. The number of nitrogens with one attached hydrogen (secondary N) is 2. The van der Waals surface area contributed by atoms with Crippen LogP contribution in [0, 0.1) is 0 Å². The molecule has 7 heteroatoms. The molecule has 0 saturated carbocycles. The molecule has 80 valence electrons. The number of rotatable bonds is 3. The molecule has 0 aliphatic carbocycles. The number of hydrogen-bond acceptors (Lipinski definition) is 4. The summed E-state index contributed by atoms with van der Waals surface area (Å²) < 4.78 is 0. The lowest BCUT2D eigenvalue weighted by Crippen LogP contribution is -2.31. The van der Waals surface area contributed by atoms with Crippen LogP contribution in [0.2, 0.25) is 5.28 Å². The Labute approximate surface area is 91.1 Å². The summed E-state index contributed by atoms with van der Waals surface area (Å²) in [6.07, 6.45) is 1.42. The molecule has 0 aliphatic heterocycles. The maximum absolute atomic E-state index is 11.2. The normalized spacial score (nSPS) is 9.47. The van der Waals surface area contributed by atoms with E-state index in [0.717, 1.165) is 0 Å². The first kappa shape index (κ1) is 11.4. The lowest BCUT2D eigenvalue weighted by molar-refractivity contribution is -0.122. The number of anilines is 1. The van der Waals surface area contributed by atoms with Gasteiger partial charge in [0.15, 0.2) is 0 Å². The van der Waals surface area contributed by atoms with Gasteiger partial charge < -0.3 is 10.6 Å². The van der Waals surface area contributed by atoms with Crippen molar-refractivity contribution >= 4 is 29.2 Å². The lowest BCUT2D eigenvalue weighted by atomic mass is 10.5. The van der Waals surface area contributed by atoms with Gasteiger partial charge in [-0.25, -0.2) is 9.97 Å². The molecular formula is C8H9ClN4O2. The maximum Gasteiger partial charge on any atom is 0.244 e. The van der Waals surface area contributed by atoms with Crippen molar-refractivity contribution in [3.8, 4) is 0 Å². The van der Waals surface area contributed by atoms with Gasteiger partial charge in [-0.2, -0.15) is 0 Å². The van der Waals surface area contributed by atoms with Crippen molar-refractivity contribution in [1.82, 2.24) is 15.3 Å². The van der Waals surface area contributed by atoms with Crippen molar-refractivity contribution in [3.05, 3.63) is 17.5 Å². The number of nitrogens with zero attached hydrogens (tertiary/aromatic N) is 2. The van der Waals surface area contributed by atoms with E-state index in [2.05, 4.69) is 20.6 Å². The second kappa shape index (κ2) is 5.26. The number of aromatic nitrogens is 2. The van der Waals surface area contributed by atoms with E-state index in [9.17, 15) is 9.59 Å². The van der Waals surface area contributed by atoms with Gasteiger partial charge in [-0.1, -0.05) is 0 Å². The van der Waals surface area contributed by atoms with Gasteiger partial charge in [0, 0.05) is 13.1 Å². The average molecular weight is 229 g/mol. The summed E-state index contributed by atoms with van der Waals surface area (Å²) in [5.41, 5.74) is 0. The largest absolute Gasteiger partial charge is 0.347 e. The van der Waals surface area contributed by atoms with E-state index < -0.39 is 0 Å². The average Bonchev–Trinajstić information content (AvgIpc) is 2.15. The monoisotopic (exact) mass is 228 g/mol. The number of halogens is 1. The van der Waals surface area contributed by atoms with Gasteiger partial charge in [0.2, 0.25) is 17.1 Å². The van der Waals surface area contributed by atoms with Crippen LogP contribution in [0.3, 0.4) is 0 Å². The summed E-state index contributed by atoms with van der Waals surface area (Å²) in [5.74, 6) is -0.351. The summed E-state index contributed by atoms with van der Waals surface area (Å²) >= 11 is 5.51. The summed E-state index contributed by atoms with van der Waals surface area (Å²) in [6.45, 7) is 1.23. The van der Waals surface area contributed by atoms with Gasteiger partial charge in [0.05, 0.1) is 6.54 Å². The Kier molecular flexibility index (Phi) is 3.99. The van der Waals surface area contributed by atoms with Crippen LogP contribution in [0.1, 0.15) is 6.92 Å². The molecule has 1 heterocycles. The predicted molar refractivity (Wildman–Crippen MR) is 54.4 cm³/mol. The van der Waals surface area contributed by atoms with Gasteiger partial charge in [-0.05, 0) is 17.7 Å². The molecule has 2 N–H and O–H groups in total. The van der Waals surface area contributed by atoms with Crippen LogP contribution in [-0.4, -0.2) is 28.3 Å². The lowest BCUT2D eigenvalue weighted by Gasteiger charge is -2.04. The van der Waals surface area contributed by atoms with Crippen LogP contribution in [0.5, 0.6) is 0 Å². The Balaban J connectivity index is 2.48. The molecule has 1 aromatic rings. The molecule has 0 atom stereocenters. The summed E-state index contributed by atoms with van der Waals surface area (Å²) in [6, 6.07) is 1.50. The van der Waals surface area contributed by atoms with E-state index in [1.54, 1.807) is 0 Å². The van der Waals surface area contributed by atoms with Crippen LogP contribution in [0.15, 0.2) is 12.3 Å². The first-order valence-corrected chi connectivity index (χ1v) is 4.48. The van der Waals surface area contributed by atoms with E-state index >= 15 is 0 Å². The van der Waals surface area contributed by atoms with Crippen LogP contribution in [-0.2, 0) is 9.59 Å². The molecule has 1 aromatic heterocycles. The predicted octanol–water partition coefficient (Wildman–Crippen LogP) is 0.205. The van der Waals surface area contributed by atoms with Crippen LogP contribution >= 0.6 is 11.6 Å². The third kappa shape index (κ3) is 4.37. The molecular weight excluding hydrogens is 220 g/mol. The molecule has 1 rings (SSSR count). The second-order valence-electron chi connectivity index (χ2n) is 2.67. The highest BCUT2D eigenvalue weighted by molar-refractivity contribution is 6.28. The SMILES string of the molecule is CC(=O)NCC(=O)Nc1ccnc(Cl)n1. The summed E-state index contributed by atoms with van der Waals surface area (Å²) in [4.78, 5) is 29.1. The highest BCUT2D eigenvalue weighted by Crippen LogP contribution is 2.04. The van der Waals surface area contributed by atoms with Crippen LogP contribution < -0.4 is 10.6 Å². The zero-order chi connectivity index (χ0) is 11.3. The fraction of sp³-hybridized carbons (Fsp3) is 0.250. The van der Waals surface area contributed by atoms with Gasteiger partial charge >= 0.3 is 0 Å². The zero-order valence-electron chi connectivity index (χ0n) is 7.95. The van der Waals surface area contributed by atoms with Gasteiger partial charge in [0.1, 0.15) is 5.82 Å². The second-order valence-corrected chi connectivity index (χ2v) is 3.01. The van der Waals surface area contributed by atoms with Crippen molar-refractivity contribution in [2.24, 2.45) is 0 Å². The maximum atomic E-state index is 11.2. The molecule has 6 nitrogen and oxygen atoms in total. The van der Waals surface area contributed by atoms with E-state index in [1.807, 2.05) is 0 Å². The minimum atomic E-state index is -0.375. The molecule has 0 unspecified atom stereocenters. The first-order chi connectivity index (χ1) is 7.08. The number of carbonyl (C=O) groups is 2. The molecule has 0 saturated heterocycles. The fourth-order valence-electron chi connectivity index (χ4n) is 0.796. The van der Waals surface area contributed by atoms with Crippen molar-refractivity contribution in [2.75, 3.05) is 11.9 Å². The van der Waals surface area contributed by atoms with Gasteiger partial charge in [0.25, 0.3) is 0 Å². The Hall–Kier alpha value is -1.69. The Morgan fingerprint density at radius 1 is 1.53 bits per heavy atom. The highest BCUT2D eigenvalue weighted by Gasteiger charge is 2.04. The highest BCUT2D eigenvalue weighted by atomic mass is 35.5. The zero-order valence-corrected chi connectivity index (χ0v) is 8.71. The van der Waals surface area contributed by atoms with Gasteiger partial charge in [-0.15, -0.1) is 0 Å². The Bertz CT molecular complexity index is 383. The Morgan fingerprint density at radius 2 is 2.27 bits per heavy atom. The minimum absolute atomic E-state index is 0.0485. The smallest absolute Gasteiger partial charge is 0.244 e. The molecule has 2 amide bonds. The summed E-state index contributed by atoms with van der Waals surface area (Å²) in [7, 11) is 0. The van der Waals surface area contributed by atoms with Crippen molar-refractivity contribution < 1.29 is 9.59 Å². The molecule has 0 aromatic carbocycles. The molecule has 0 fully saturated rings. The first-order valence-electron chi connectivity index (χ1n) is 4.11. The van der Waals surface area contributed by atoms with Crippen LogP contribution in [0.4, 0.5) is 5.82 Å². The quantitative estimate of drug-likeness (QED) is 0.724.